The minimum absolute atomic E-state index is 0.0856. The zero-order valence-corrected chi connectivity index (χ0v) is 12.1. The molecule has 0 saturated carbocycles. The van der Waals surface area contributed by atoms with Crippen molar-refractivity contribution >= 4 is 11.9 Å². The summed E-state index contributed by atoms with van der Waals surface area (Å²) >= 11 is 0. The zero-order valence-electron chi connectivity index (χ0n) is 12.1. The maximum Gasteiger partial charge on any atom is 0.339 e. The van der Waals surface area contributed by atoms with E-state index in [1.807, 2.05) is 13.8 Å². The molecule has 0 amide bonds. The molecule has 110 valence electrons. The Morgan fingerprint density at radius 3 is 2.45 bits per heavy atom. The van der Waals surface area contributed by atoms with Crippen LogP contribution >= 0.6 is 0 Å². The first-order valence-electron chi connectivity index (χ1n) is 7.14. The number of carbonyl (C=O) groups is 2. The number of carbonyl (C=O) groups excluding carboxylic acids is 1. The van der Waals surface area contributed by atoms with Crippen molar-refractivity contribution in [3.05, 3.63) is 34.9 Å². The molecule has 0 aliphatic heterocycles. The summed E-state index contributed by atoms with van der Waals surface area (Å²) in [4.78, 5) is 23.4. The van der Waals surface area contributed by atoms with E-state index in [0.29, 0.717) is 18.6 Å². The Balaban J connectivity index is 2.99. The second-order valence-electron chi connectivity index (χ2n) is 4.74. The average Bonchev–Trinajstić information content (AvgIpc) is 2.44. The van der Waals surface area contributed by atoms with Gasteiger partial charge in [-0.2, -0.15) is 0 Å². The summed E-state index contributed by atoms with van der Waals surface area (Å²) in [5, 5.41) is 9.36. The molecule has 20 heavy (non-hydrogen) atoms. The molecule has 0 atom stereocenters. The van der Waals surface area contributed by atoms with Gasteiger partial charge in [0, 0.05) is 0 Å². The highest BCUT2D eigenvalue weighted by atomic mass is 16.5. The van der Waals surface area contributed by atoms with E-state index in [-0.39, 0.29) is 11.1 Å². The van der Waals surface area contributed by atoms with Gasteiger partial charge in [-0.3, -0.25) is 0 Å². The van der Waals surface area contributed by atoms with E-state index in [1.165, 1.54) is 6.07 Å². The molecular formula is C16H22O4. The van der Waals surface area contributed by atoms with Gasteiger partial charge in [-0.05, 0) is 30.9 Å². The highest BCUT2D eigenvalue weighted by molar-refractivity contribution is 6.03. The SMILES string of the molecule is CCCCOC(=O)c1cccc(CCCC)c1C(=O)O. The molecule has 1 aromatic rings. The predicted molar refractivity (Wildman–Crippen MR) is 77.2 cm³/mol. The number of rotatable bonds is 8. The normalized spacial score (nSPS) is 10.3. The van der Waals surface area contributed by atoms with Crippen molar-refractivity contribution < 1.29 is 19.4 Å². The van der Waals surface area contributed by atoms with Gasteiger partial charge in [-0.15, -0.1) is 0 Å². The van der Waals surface area contributed by atoms with Gasteiger partial charge in [0.05, 0.1) is 17.7 Å². The van der Waals surface area contributed by atoms with Crippen molar-refractivity contribution in [3.63, 3.8) is 0 Å². The molecule has 4 heteroatoms. The molecule has 1 rings (SSSR count). The third-order valence-corrected chi connectivity index (χ3v) is 3.12. The van der Waals surface area contributed by atoms with Crippen LogP contribution in [0.5, 0.6) is 0 Å². The van der Waals surface area contributed by atoms with Crippen LogP contribution in [0.15, 0.2) is 18.2 Å². The third kappa shape index (κ3) is 4.37. The van der Waals surface area contributed by atoms with Crippen LogP contribution in [-0.2, 0) is 11.2 Å². The van der Waals surface area contributed by atoms with Gasteiger partial charge in [-0.1, -0.05) is 38.8 Å². The number of carboxylic acid groups (broad SMARTS) is 1. The largest absolute Gasteiger partial charge is 0.478 e. The van der Waals surface area contributed by atoms with Crippen LogP contribution in [0, 0.1) is 0 Å². The van der Waals surface area contributed by atoms with Gasteiger partial charge in [0.2, 0.25) is 0 Å². The van der Waals surface area contributed by atoms with E-state index in [2.05, 4.69) is 0 Å². The Morgan fingerprint density at radius 2 is 1.85 bits per heavy atom. The van der Waals surface area contributed by atoms with Crippen LogP contribution in [-0.4, -0.2) is 23.7 Å². The minimum Gasteiger partial charge on any atom is -0.478 e. The minimum atomic E-state index is -1.07. The topological polar surface area (TPSA) is 63.6 Å². The first-order chi connectivity index (χ1) is 9.61. The second kappa shape index (κ2) is 8.35. The van der Waals surface area contributed by atoms with Crippen molar-refractivity contribution in [2.24, 2.45) is 0 Å². The van der Waals surface area contributed by atoms with E-state index in [4.69, 9.17) is 4.74 Å². The van der Waals surface area contributed by atoms with E-state index >= 15 is 0 Å². The third-order valence-electron chi connectivity index (χ3n) is 3.12. The smallest absolute Gasteiger partial charge is 0.339 e. The van der Waals surface area contributed by atoms with Crippen LogP contribution < -0.4 is 0 Å². The molecule has 0 fully saturated rings. The van der Waals surface area contributed by atoms with Crippen molar-refractivity contribution in [2.45, 2.75) is 46.0 Å². The number of unbranched alkanes of at least 4 members (excludes halogenated alkanes) is 2. The van der Waals surface area contributed by atoms with Gasteiger partial charge in [0.15, 0.2) is 0 Å². The van der Waals surface area contributed by atoms with E-state index in [1.54, 1.807) is 12.1 Å². The van der Waals surface area contributed by atoms with Crippen LogP contribution in [0.2, 0.25) is 0 Å². The number of hydrogen-bond donors (Lipinski definition) is 1. The lowest BCUT2D eigenvalue weighted by Crippen LogP contribution is -2.14. The molecule has 0 bridgehead atoms. The van der Waals surface area contributed by atoms with Crippen molar-refractivity contribution in [1.29, 1.82) is 0 Å². The number of hydrogen-bond acceptors (Lipinski definition) is 3. The lowest BCUT2D eigenvalue weighted by Gasteiger charge is -2.11. The maximum absolute atomic E-state index is 12.0. The Morgan fingerprint density at radius 1 is 1.15 bits per heavy atom. The summed E-state index contributed by atoms with van der Waals surface area (Å²) in [6.45, 7) is 4.37. The standard InChI is InChI=1S/C16H22O4/c1-3-5-8-12-9-7-10-13(14(12)15(17)18)16(19)20-11-6-4-2/h7,9-10H,3-6,8,11H2,1-2H3,(H,17,18). The maximum atomic E-state index is 12.0. The number of carboxylic acids is 1. The molecule has 0 aliphatic carbocycles. The predicted octanol–water partition coefficient (Wildman–Crippen LogP) is 3.68. The van der Waals surface area contributed by atoms with Crippen molar-refractivity contribution in [1.82, 2.24) is 0 Å². The Bertz CT molecular complexity index is 466. The molecular weight excluding hydrogens is 256 g/mol. The van der Waals surface area contributed by atoms with Crippen molar-refractivity contribution in [3.8, 4) is 0 Å². The molecule has 0 unspecified atom stereocenters. The summed E-state index contributed by atoms with van der Waals surface area (Å²) in [6.07, 6.45) is 4.24. The molecule has 4 nitrogen and oxygen atoms in total. The van der Waals surface area contributed by atoms with Crippen LogP contribution in [0.3, 0.4) is 0 Å². The fourth-order valence-corrected chi connectivity index (χ4v) is 1.99. The molecule has 0 aromatic heterocycles. The summed E-state index contributed by atoms with van der Waals surface area (Å²) in [7, 11) is 0. The summed E-state index contributed by atoms with van der Waals surface area (Å²) in [5.74, 6) is -1.62. The zero-order chi connectivity index (χ0) is 15.0. The average molecular weight is 278 g/mol. The van der Waals surface area contributed by atoms with E-state index in [0.717, 1.165) is 25.7 Å². The fraction of sp³-hybridized carbons (Fsp3) is 0.500. The molecule has 1 N–H and O–H groups in total. The lowest BCUT2D eigenvalue weighted by atomic mass is 9.97. The van der Waals surface area contributed by atoms with Crippen LogP contribution in [0.4, 0.5) is 0 Å². The number of aryl methyl sites for hydroxylation is 1. The first kappa shape index (κ1) is 16.2. The van der Waals surface area contributed by atoms with Crippen LogP contribution in [0.25, 0.3) is 0 Å². The number of ether oxygens (including phenoxy) is 1. The molecule has 0 spiro atoms. The lowest BCUT2D eigenvalue weighted by molar-refractivity contribution is 0.0489. The quantitative estimate of drug-likeness (QED) is 0.582. The monoisotopic (exact) mass is 278 g/mol. The highest BCUT2D eigenvalue weighted by Gasteiger charge is 2.20. The molecule has 0 aliphatic rings. The number of esters is 1. The highest BCUT2D eigenvalue weighted by Crippen LogP contribution is 2.18. The van der Waals surface area contributed by atoms with E-state index in [9.17, 15) is 14.7 Å². The fourth-order valence-electron chi connectivity index (χ4n) is 1.99. The molecule has 0 saturated heterocycles. The Hall–Kier alpha value is -1.84. The molecule has 0 heterocycles. The molecule has 1 aromatic carbocycles. The summed E-state index contributed by atoms with van der Waals surface area (Å²) in [6, 6.07) is 5.00. The summed E-state index contributed by atoms with van der Waals surface area (Å²) in [5.41, 5.74) is 0.939. The summed E-state index contributed by atoms with van der Waals surface area (Å²) < 4.78 is 5.12. The first-order valence-corrected chi connectivity index (χ1v) is 7.14. The van der Waals surface area contributed by atoms with Gasteiger partial charge in [0.1, 0.15) is 0 Å². The molecule has 0 radical (unpaired) electrons. The van der Waals surface area contributed by atoms with Crippen molar-refractivity contribution in [2.75, 3.05) is 6.61 Å². The van der Waals surface area contributed by atoms with Gasteiger partial charge >= 0.3 is 11.9 Å². The van der Waals surface area contributed by atoms with Crippen LogP contribution in [0.1, 0.15) is 65.8 Å². The Kier molecular flexibility index (Phi) is 6.77. The van der Waals surface area contributed by atoms with E-state index < -0.39 is 11.9 Å². The number of benzene rings is 1. The number of aromatic carboxylic acids is 1. The van der Waals surface area contributed by atoms with Gasteiger partial charge < -0.3 is 9.84 Å². The van der Waals surface area contributed by atoms with Gasteiger partial charge in [-0.25, -0.2) is 9.59 Å². The van der Waals surface area contributed by atoms with Gasteiger partial charge in [0.25, 0.3) is 0 Å². The Labute approximate surface area is 119 Å². The second-order valence-corrected chi connectivity index (χ2v) is 4.74.